The van der Waals surface area contributed by atoms with Crippen LogP contribution < -0.4 is 0 Å². The van der Waals surface area contributed by atoms with Gasteiger partial charge in [0, 0.05) is 18.2 Å². The van der Waals surface area contributed by atoms with Gasteiger partial charge in [0.25, 0.3) is 0 Å². The third-order valence-corrected chi connectivity index (χ3v) is 6.09. The zero-order valence-corrected chi connectivity index (χ0v) is 14.7. The summed E-state index contributed by atoms with van der Waals surface area (Å²) < 4.78 is 34.6. The summed E-state index contributed by atoms with van der Waals surface area (Å²) in [5.74, 6) is -0.652. The molecule has 0 N–H and O–H groups in total. The Morgan fingerprint density at radius 1 is 1.36 bits per heavy atom. The first-order chi connectivity index (χ1) is 12.0. The molecule has 1 aromatic rings. The fraction of sp³-hybridized carbons (Fsp3) is 0.562. The average Bonchev–Trinajstić information content (AvgIpc) is 3.34. The van der Waals surface area contributed by atoms with E-state index in [1.165, 1.54) is 18.3 Å². The van der Waals surface area contributed by atoms with E-state index in [4.69, 9.17) is 14.3 Å². The summed E-state index contributed by atoms with van der Waals surface area (Å²) in [6.45, 7) is 2.87. The van der Waals surface area contributed by atoms with E-state index >= 15 is 0 Å². The van der Waals surface area contributed by atoms with Crippen LogP contribution in [0.1, 0.15) is 31.7 Å². The van der Waals surface area contributed by atoms with E-state index in [9.17, 15) is 13.2 Å². The fourth-order valence-electron chi connectivity index (χ4n) is 2.37. The van der Waals surface area contributed by atoms with Gasteiger partial charge in [-0.05, 0) is 31.9 Å². The maximum absolute atomic E-state index is 12.2. The molecule has 0 amide bonds. The van der Waals surface area contributed by atoms with Crippen molar-refractivity contribution < 1.29 is 27.5 Å². The molecule has 0 bridgehead atoms. The highest BCUT2D eigenvalue weighted by atomic mass is 32.2. The molecule has 9 heteroatoms. The van der Waals surface area contributed by atoms with Crippen molar-refractivity contribution in [3.63, 3.8) is 0 Å². The minimum atomic E-state index is -3.38. The van der Waals surface area contributed by atoms with E-state index in [2.05, 4.69) is 10.1 Å². The first-order valence-corrected chi connectivity index (χ1v) is 9.76. The number of sulfone groups is 1. The second-order valence-electron chi connectivity index (χ2n) is 5.88. The van der Waals surface area contributed by atoms with Gasteiger partial charge in [-0.15, -0.1) is 0 Å². The van der Waals surface area contributed by atoms with Gasteiger partial charge in [-0.2, -0.15) is 0 Å². The molecule has 1 aliphatic carbocycles. The van der Waals surface area contributed by atoms with Gasteiger partial charge in [-0.25, -0.2) is 18.2 Å². The highest BCUT2D eigenvalue weighted by Gasteiger charge is 2.37. The lowest BCUT2D eigenvalue weighted by Crippen LogP contribution is -2.21. The van der Waals surface area contributed by atoms with Crippen LogP contribution in [-0.2, 0) is 28.9 Å². The molecule has 3 rings (SSSR count). The largest absolute Gasteiger partial charge is 0.461 e. The summed E-state index contributed by atoms with van der Waals surface area (Å²) in [5, 5.41) is 3.57. The van der Waals surface area contributed by atoms with Gasteiger partial charge >= 0.3 is 5.97 Å². The van der Waals surface area contributed by atoms with E-state index < -0.39 is 15.8 Å². The Morgan fingerprint density at radius 3 is 2.72 bits per heavy atom. The first-order valence-electron chi connectivity index (χ1n) is 8.21. The van der Waals surface area contributed by atoms with Gasteiger partial charge < -0.3 is 14.3 Å². The lowest BCUT2D eigenvalue weighted by molar-refractivity contribution is -0.135. The molecule has 8 nitrogen and oxygen atoms in total. The number of pyridine rings is 1. The van der Waals surface area contributed by atoms with Gasteiger partial charge in [0.2, 0.25) is 0 Å². The maximum Gasteiger partial charge on any atom is 0.361 e. The molecule has 0 radical (unpaired) electrons. The second-order valence-corrected chi connectivity index (χ2v) is 8.06. The van der Waals surface area contributed by atoms with Gasteiger partial charge in [0.1, 0.15) is 0 Å². The van der Waals surface area contributed by atoms with Crippen molar-refractivity contribution in [2.45, 2.75) is 42.6 Å². The number of esters is 1. The van der Waals surface area contributed by atoms with Crippen molar-refractivity contribution in [2.75, 3.05) is 19.8 Å². The summed E-state index contributed by atoms with van der Waals surface area (Å²) in [4.78, 5) is 21.5. The Labute approximate surface area is 146 Å². The second kappa shape index (κ2) is 7.49. The molecule has 136 valence electrons. The van der Waals surface area contributed by atoms with E-state index in [-0.39, 0.29) is 28.7 Å². The van der Waals surface area contributed by atoms with Crippen LogP contribution in [0.5, 0.6) is 0 Å². The van der Waals surface area contributed by atoms with Crippen molar-refractivity contribution in [1.82, 2.24) is 4.98 Å². The molecule has 0 spiro atoms. The highest BCUT2D eigenvalue weighted by molar-refractivity contribution is 7.92. The average molecular weight is 368 g/mol. The molecule has 0 aromatic carbocycles. The number of carbonyl (C=O) groups is 1. The molecule has 2 fully saturated rings. The Balaban J connectivity index is 1.82. The number of oxime groups is 1. The Bertz CT molecular complexity index is 749. The summed E-state index contributed by atoms with van der Waals surface area (Å²) in [6, 6.07) is 2.88. The molecule has 2 aliphatic rings. The van der Waals surface area contributed by atoms with E-state index in [0.29, 0.717) is 38.0 Å². The lowest BCUT2D eigenvalue weighted by Gasteiger charge is -2.09. The standard InChI is InChI=1S/C16H20N2O6S/c1-2-23-16(19)15(18-24-12-7-8-22-10-12)11-3-6-14(17-9-11)25(20,21)13-4-5-13/h3,6,9,12-13H,2,4-5,7-8,10H2,1H3/b18-15+/t12-/m1/s1. The zero-order valence-electron chi connectivity index (χ0n) is 13.9. The van der Waals surface area contributed by atoms with E-state index in [0.717, 1.165) is 0 Å². The van der Waals surface area contributed by atoms with Crippen molar-refractivity contribution in [3.05, 3.63) is 23.9 Å². The van der Waals surface area contributed by atoms with Crippen LogP contribution in [0.2, 0.25) is 0 Å². The maximum atomic E-state index is 12.2. The third-order valence-electron chi connectivity index (χ3n) is 3.91. The minimum Gasteiger partial charge on any atom is -0.461 e. The highest BCUT2D eigenvalue weighted by Crippen LogP contribution is 2.32. The normalized spacial score (nSPS) is 21.2. The molecule has 1 atom stereocenters. The lowest BCUT2D eigenvalue weighted by atomic mass is 10.2. The number of aromatic nitrogens is 1. The molecule has 1 saturated carbocycles. The molecule has 1 saturated heterocycles. The van der Waals surface area contributed by atoms with E-state index in [1.54, 1.807) is 6.92 Å². The van der Waals surface area contributed by atoms with Crippen LogP contribution in [0.4, 0.5) is 0 Å². The summed E-state index contributed by atoms with van der Waals surface area (Å²) in [7, 11) is -3.38. The summed E-state index contributed by atoms with van der Waals surface area (Å²) in [6.07, 6.45) is 3.11. The number of hydrogen-bond acceptors (Lipinski definition) is 8. The quantitative estimate of drug-likeness (QED) is 0.403. The Morgan fingerprint density at radius 2 is 2.16 bits per heavy atom. The smallest absolute Gasteiger partial charge is 0.361 e. The minimum absolute atomic E-state index is 0.00655. The molecular formula is C16H20N2O6S. The molecular weight excluding hydrogens is 348 g/mol. The van der Waals surface area contributed by atoms with Crippen LogP contribution in [0, 0.1) is 0 Å². The zero-order chi connectivity index (χ0) is 17.9. The number of ether oxygens (including phenoxy) is 2. The summed E-state index contributed by atoms with van der Waals surface area (Å²) in [5.41, 5.74) is 0.295. The van der Waals surface area contributed by atoms with Crippen molar-refractivity contribution in [2.24, 2.45) is 5.16 Å². The van der Waals surface area contributed by atoms with Crippen molar-refractivity contribution >= 4 is 21.5 Å². The molecule has 25 heavy (non-hydrogen) atoms. The molecule has 2 heterocycles. The van der Waals surface area contributed by atoms with Crippen LogP contribution in [-0.4, -0.2) is 56.3 Å². The third kappa shape index (κ3) is 4.16. The van der Waals surface area contributed by atoms with Gasteiger partial charge in [-0.1, -0.05) is 5.16 Å². The SMILES string of the molecule is CCOC(=O)/C(=N/O[C@@H]1CCOC1)c1ccc(S(=O)(=O)C2CC2)nc1. The molecule has 1 aromatic heterocycles. The van der Waals surface area contributed by atoms with Crippen LogP contribution in [0.25, 0.3) is 0 Å². The first kappa shape index (κ1) is 17.8. The molecule has 1 aliphatic heterocycles. The number of rotatable bonds is 7. The van der Waals surface area contributed by atoms with Gasteiger partial charge in [0.05, 0.1) is 25.1 Å². The number of hydrogen-bond donors (Lipinski definition) is 0. The predicted octanol–water partition coefficient (Wildman–Crippen LogP) is 1.09. The van der Waals surface area contributed by atoms with Gasteiger partial charge in [-0.3, -0.25) is 0 Å². The predicted molar refractivity (Wildman–Crippen MR) is 87.9 cm³/mol. The Hall–Kier alpha value is -2.00. The van der Waals surface area contributed by atoms with Crippen LogP contribution in [0.3, 0.4) is 0 Å². The number of carbonyl (C=O) groups excluding carboxylic acids is 1. The van der Waals surface area contributed by atoms with Crippen molar-refractivity contribution in [3.8, 4) is 0 Å². The monoisotopic (exact) mass is 368 g/mol. The Kier molecular flexibility index (Phi) is 5.33. The van der Waals surface area contributed by atoms with Crippen LogP contribution >= 0.6 is 0 Å². The van der Waals surface area contributed by atoms with Crippen LogP contribution in [0.15, 0.2) is 28.5 Å². The van der Waals surface area contributed by atoms with Crippen molar-refractivity contribution in [1.29, 1.82) is 0 Å². The number of nitrogens with zero attached hydrogens (tertiary/aromatic N) is 2. The van der Waals surface area contributed by atoms with Gasteiger partial charge in [0.15, 0.2) is 26.7 Å². The fourth-order valence-corrected chi connectivity index (χ4v) is 3.92. The van der Waals surface area contributed by atoms with E-state index in [1.807, 2.05) is 0 Å². The molecule has 0 unspecified atom stereocenters. The topological polar surface area (TPSA) is 104 Å². The summed E-state index contributed by atoms with van der Waals surface area (Å²) >= 11 is 0.